The van der Waals surface area contributed by atoms with Gasteiger partial charge in [-0.25, -0.2) is 4.79 Å². The first-order chi connectivity index (χ1) is 8.79. The quantitative estimate of drug-likeness (QED) is 0.766. The molecule has 1 aliphatic rings. The number of rotatable bonds is 5. The molecule has 0 amide bonds. The van der Waals surface area contributed by atoms with Gasteiger partial charge in [-0.1, -0.05) is 35.5 Å². The van der Waals surface area contributed by atoms with Gasteiger partial charge < -0.3 is 9.57 Å². The van der Waals surface area contributed by atoms with Crippen molar-refractivity contribution in [2.45, 2.75) is 18.3 Å². The summed E-state index contributed by atoms with van der Waals surface area (Å²) in [5.41, 5.74) is 2.19. The first-order valence-corrected chi connectivity index (χ1v) is 6.86. The van der Waals surface area contributed by atoms with Crippen LogP contribution in [0.3, 0.4) is 0 Å². The average Bonchev–Trinajstić information content (AvgIpc) is 2.88. The van der Waals surface area contributed by atoms with E-state index in [0.717, 1.165) is 17.2 Å². The second kappa shape index (κ2) is 6.44. The molecule has 1 unspecified atom stereocenters. The molecule has 0 aliphatic carbocycles. The smallest absolute Gasteiger partial charge is 0.350 e. The highest BCUT2D eigenvalue weighted by Gasteiger charge is 2.28. The molecule has 0 saturated heterocycles. The van der Waals surface area contributed by atoms with Gasteiger partial charge in [0, 0.05) is 17.9 Å². The summed E-state index contributed by atoms with van der Waals surface area (Å²) in [6.45, 7) is 0. The molecule has 5 heteroatoms. The summed E-state index contributed by atoms with van der Waals surface area (Å²) in [5, 5.41) is 3.91. The van der Waals surface area contributed by atoms with Crippen LogP contribution < -0.4 is 0 Å². The van der Waals surface area contributed by atoms with Gasteiger partial charge in [0.05, 0.1) is 12.8 Å². The molecule has 0 bridgehead atoms. The summed E-state index contributed by atoms with van der Waals surface area (Å²) in [5.74, 6) is 1.35. The molecule has 2 rings (SSSR count). The van der Waals surface area contributed by atoms with Crippen LogP contribution in [0.15, 0.2) is 35.5 Å². The minimum atomic E-state index is -0.553. The predicted octanol–water partition coefficient (Wildman–Crippen LogP) is 2.24. The highest BCUT2D eigenvalue weighted by Crippen LogP contribution is 2.18. The molecule has 0 aromatic heterocycles. The second-order valence-electron chi connectivity index (χ2n) is 3.96. The van der Waals surface area contributed by atoms with Gasteiger partial charge in [0.1, 0.15) is 0 Å². The maximum Gasteiger partial charge on any atom is 0.350 e. The zero-order valence-electron chi connectivity index (χ0n) is 10.2. The fraction of sp³-hybridized carbons (Fsp3) is 0.385. The van der Waals surface area contributed by atoms with Crippen LogP contribution in [0, 0.1) is 0 Å². The number of benzene rings is 1. The van der Waals surface area contributed by atoms with E-state index in [9.17, 15) is 4.79 Å². The van der Waals surface area contributed by atoms with Gasteiger partial charge in [-0.2, -0.15) is 11.8 Å². The lowest BCUT2D eigenvalue weighted by Crippen LogP contribution is -2.22. The number of ether oxygens (including phenoxy) is 1. The van der Waals surface area contributed by atoms with Crippen molar-refractivity contribution in [3.05, 3.63) is 35.9 Å². The maximum atomic E-state index is 11.2. The normalized spacial score (nSPS) is 18.1. The van der Waals surface area contributed by atoms with E-state index >= 15 is 0 Å². The number of esters is 1. The van der Waals surface area contributed by atoms with Gasteiger partial charge in [0.25, 0.3) is 0 Å². The molecule has 0 spiro atoms. The summed E-state index contributed by atoms with van der Waals surface area (Å²) in [6, 6.07) is 10.2. The van der Waals surface area contributed by atoms with E-state index in [1.54, 1.807) is 11.8 Å². The number of carbonyl (C=O) groups excluding carboxylic acids is 1. The third-order valence-corrected chi connectivity index (χ3v) is 3.65. The molecule has 1 aromatic rings. The zero-order valence-corrected chi connectivity index (χ0v) is 11.0. The molecule has 96 valence electrons. The number of oxime groups is 1. The monoisotopic (exact) mass is 265 g/mol. The lowest BCUT2D eigenvalue weighted by Gasteiger charge is -2.04. The second-order valence-corrected chi connectivity index (χ2v) is 4.94. The van der Waals surface area contributed by atoms with Gasteiger partial charge >= 0.3 is 5.97 Å². The highest BCUT2D eigenvalue weighted by molar-refractivity contribution is 7.99. The standard InChI is InChI=1S/C13H15NO3S/c1-16-13(15)12-7-11(14-17-12)9-18-8-10-5-3-2-4-6-10/h2-6,12H,7-9H2,1H3. The molecule has 4 nitrogen and oxygen atoms in total. The Labute approximate surface area is 110 Å². The van der Waals surface area contributed by atoms with Crippen LogP contribution in [0.5, 0.6) is 0 Å². The Morgan fingerprint density at radius 1 is 1.44 bits per heavy atom. The Bertz CT molecular complexity index is 433. The molecule has 1 aliphatic heterocycles. The van der Waals surface area contributed by atoms with Crippen molar-refractivity contribution in [3.63, 3.8) is 0 Å². The molecule has 1 heterocycles. The van der Waals surface area contributed by atoms with Crippen molar-refractivity contribution < 1.29 is 14.4 Å². The summed E-state index contributed by atoms with van der Waals surface area (Å²) < 4.78 is 4.61. The van der Waals surface area contributed by atoms with Crippen molar-refractivity contribution in [2.75, 3.05) is 12.9 Å². The Hall–Kier alpha value is -1.49. The molecule has 1 atom stereocenters. The van der Waals surface area contributed by atoms with Gasteiger partial charge in [-0.15, -0.1) is 0 Å². The van der Waals surface area contributed by atoms with E-state index < -0.39 is 6.10 Å². The van der Waals surface area contributed by atoms with E-state index in [-0.39, 0.29) is 5.97 Å². The molecular formula is C13H15NO3S. The van der Waals surface area contributed by atoms with Crippen molar-refractivity contribution in [1.82, 2.24) is 0 Å². The van der Waals surface area contributed by atoms with Crippen molar-refractivity contribution >= 4 is 23.4 Å². The number of carbonyl (C=O) groups is 1. The fourth-order valence-electron chi connectivity index (χ4n) is 1.63. The van der Waals surface area contributed by atoms with Crippen LogP contribution in [0.4, 0.5) is 0 Å². The Balaban J connectivity index is 1.71. The molecule has 0 saturated carbocycles. The van der Waals surface area contributed by atoms with Crippen LogP contribution in [-0.2, 0) is 20.1 Å². The maximum absolute atomic E-state index is 11.2. The average molecular weight is 265 g/mol. The van der Waals surface area contributed by atoms with Crippen LogP contribution in [0.25, 0.3) is 0 Å². The largest absolute Gasteiger partial charge is 0.466 e. The number of thioether (sulfide) groups is 1. The zero-order chi connectivity index (χ0) is 12.8. The Morgan fingerprint density at radius 2 is 2.22 bits per heavy atom. The van der Waals surface area contributed by atoms with E-state index in [0.29, 0.717) is 6.42 Å². The van der Waals surface area contributed by atoms with Gasteiger partial charge in [-0.3, -0.25) is 0 Å². The fourth-order valence-corrected chi connectivity index (χ4v) is 2.57. The Morgan fingerprint density at radius 3 is 2.94 bits per heavy atom. The van der Waals surface area contributed by atoms with Crippen molar-refractivity contribution in [3.8, 4) is 0 Å². The number of hydrogen-bond acceptors (Lipinski definition) is 5. The molecule has 0 N–H and O–H groups in total. The summed E-state index contributed by atoms with van der Waals surface area (Å²) in [4.78, 5) is 16.2. The topological polar surface area (TPSA) is 47.9 Å². The Kier molecular flexibility index (Phi) is 4.64. The first kappa shape index (κ1) is 13.0. The molecule has 1 aromatic carbocycles. The SMILES string of the molecule is COC(=O)C1CC(CSCc2ccccc2)=NO1. The van der Waals surface area contributed by atoms with E-state index in [1.807, 2.05) is 18.2 Å². The molecule has 18 heavy (non-hydrogen) atoms. The predicted molar refractivity (Wildman–Crippen MR) is 71.5 cm³/mol. The van der Waals surface area contributed by atoms with Crippen molar-refractivity contribution in [1.29, 1.82) is 0 Å². The van der Waals surface area contributed by atoms with E-state index in [4.69, 9.17) is 4.84 Å². The summed E-state index contributed by atoms with van der Waals surface area (Å²) >= 11 is 1.76. The van der Waals surface area contributed by atoms with Crippen LogP contribution in [0.1, 0.15) is 12.0 Å². The lowest BCUT2D eigenvalue weighted by molar-refractivity contribution is -0.152. The third-order valence-electron chi connectivity index (χ3n) is 2.57. The van der Waals surface area contributed by atoms with Gasteiger partial charge in [-0.05, 0) is 5.56 Å². The van der Waals surface area contributed by atoms with E-state index in [1.165, 1.54) is 12.7 Å². The molecule has 0 fully saturated rings. The number of nitrogens with zero attached hydrogens (tertiary/aromatic N) is 1. The summed E-state index contributed by atoms with van der Waals surface area (Å²) in [6.07, 6.45) is -0.0172. The number of methoxy groups -OCH3 is 1. The lowest BCUT2D eigenvalue weighted by atomic mass is 10.2. The minimum absolute atomic E-state index is 0.359. The van der Waals surface area contributed by atoms with Crippen LogP contribution >= 0.6 is 11.8 Å². The number of hydrogen-bond donors (Lipinski definition) is 0. The van der Waals surface area contributed by atoms with E-state index in [2.05, 4.69) is 22.0 Å². The summed E-state index contributed by atoms with van der Waals surface area (Å²) in [7, 11) is 1.35. The van der Waals surface area contributed by atoms with Crippen LogP contribution in [-0.4, -0.2) is 30.6 Å². The molecular weight excluding hydrogens is 250 g/mol. The van der Waals surface area contributed by atoms with Gasteiger partial charge in [0.15, 0.2) is 0 Å². The van der Waals surface area contributed by atoms with Crippen LogP contribution in [0.2, 0.25) is 0 Å². The minimum Gasteiger partial charge on any atom is -0.466 e. The first-order valence-electron chi connectivity index (χ1n) is 5.70. The van der Waals surface area contributed by atoms with Crippen molar-refractivity contribution in [2.24, 2.45) is 5.16 Å². The molecule has 0 radical (unpaired) electrons. The van der Waals surface area contributed by atoms with Gasteiger partial charge in [0.2, 0.25) is 6.10 Å². The highest BCUT2D eigenvalue weighted by atomic mass is 32.2. The third kappa shape index (κ3) is 3.50.